The third-order valence-corrected chi connectivity index (χ3v) is 8.33. The molecule has 2 aromatic rings. The van der Waals surface area contributed by atoms with Crippen molar-refractivity contribution in [2.45, 2.75) is 136 Å². The Morgan fingerprint density at radius 1 is 0.773 bits per heavy atom. The lowest BCUT2D eigenvalue weighted by Crippen LogP contribution is -2.22. The van der Waals surface area contributed by atoms with Crippen LogP contribution >= 0.6 is 0 Å². The van der Waals surface area contributed by atoms with E-state index in [9.17, 15) is 4.39 Å². The summed E-state index contributed by atoms with van der Waals surface area (Å²) in [7, 11) is 0. The van der Waals surface area contributed by atoms with Crippen LogP contribution in [0.1, 0.15) is 146 Å². The maximum Gasteiger partial charge on any atom is 0.123 e. The predicted octanol–water partition coefficient (Wildman–Crippen LogP) is 14.9. The third kappa shape index (κ3) is 17.6. The van der Waals surface area contributed by atoms with Crippen molar-refractivity contribution >= 4 is 12.2 Å². The van der Waals surface area contributed by atoms with E-state index in [4.69, 9.17) is 0 Å². The summed E-state index contributed by atoms with van der Waals surface area (Å²) < 4.78 is 12.7. The lowest BCUT2D eigenvalue weighted by molar-refractivity contribution is 0.178. The van der Waals surface area contributed by atoms with Crippen molar-refractivity contribution in [1.82, 2.24) is 0 Å². The zero-order chi connectivity index (χ0) is 34.3. The first-order chi connectivity index (χ1) is 20.8. The minimum Gasteiger partial charge on any atom is -0.207 e. The fourth-order valence-electron chi connectivity index (χ4n) is 4.83. The summed E-state index contributed by atoms with van der Waals surface area (Å²) in [6.45, 7) is 32.7. The molecule has 1 heteroatoms. The molecule has 0 heterocycles. The SMILES string of the molecule is C/C(=C\c1ccc(C)cc1)C(C)C.CC.CC.CC1=CCC(C)=C1/C=C/c1ccc(F)cc1.CCCC(C)(CCC)C(C)C. The van der Waals surface area contributed by atoms with Crippen molar-refractivity contribution in [2.75, 3.05) is 0 Å². The predicted molar refractivity (Wildman–Crippen MR) is 202 cm³/mol. The second kappa shape index (κ2) is 24.6. The van der Waals surface area contributed by atoms with Crippen LogP contribution in [0, 0.1) is 30.0 Å². The Morgan fingerprint density at radius 3 is 1.64 bits per heavy atom. The molecule has 2 aromatic carbocycles. The van der Waals surface area contributed by atoms with Gasteiger partial charge in [0.25, 0.3) is 0 Å². The Balaban J connectivity index is 0. The van der Waals surface area contributed by atoms with Gasteiger partial charge in [0, 0.05) is 0 Å². The van der Waals surface area contributed by atoms with Crippen molar-refractivity contribution in [3.8, 4) is 0 Å². The number of aryl methyl sites for hydroxylation is 1. The first kappa shape index (κ1) is 43.5. The third-order valence-electron chi connectivity index (χ3n) is 8.33. The normalized spacial score (nSPS) is 12.9. The van der Waals surface area contributed by atoms with Crippen molar-refractivity contribution in [3.05, 3.63) is 105 Å². The molecule has 0 aromatic heterocycles. The molecule has 0 aliphatic heterocycles. The van der Waals surface area contributed by atoms with Gasteiger partial charge in [-0.2, -0.15) is 0 Å². The van der Waals surface area contributed by atoms with Gasteiger partial charge in [0.15, 0.2) is 0 Å². The lowest BCUT2D eigenvalue weighted by Gasteiger charge is -2.33. The van der Waals surface area contributed by atoms with E-state index in [0.717, 1.165) is 17.9 Å². The zero-order valence-corrected chi connectivity index (χ0v) is 31.5. The van der Waals surface area contributed by atoms with Gasteiger partial charge in [-0.25, -0.2) is 4.39 Å². The van der Waals surface area contributed by atoms with Gasteiger partial charge in [-0.3, -0.25) is 0 Å². The van der Waals surface area contributed by atoms with Crippen molar-refractivity contribution < 1.29 is 4.39 Å². The molecule has 0 saturated heterocycles. The highest BCUT2D eigenvalue weighted by Gasteiger charge is 2.25. The molecule has 1 aliphatic rings. The first-order valence-corrected chi connectivity index (χ1v) is 17.4. The summed E-state index contributed by atoms with van der Waals surface area (Å²) in [5, 5.41) is 0. The number of rotatable bonds is 9. The van der Waals surface area contributed by atoms with Crippen LogP contribution in [0.2, 0.25) is 0 Å². The van der Waals surface area contributed by atoms with Gasteiger partial charge in [-0.05, 0) is 98.6 Å². The van der Waals surface area contributed by atoms with E-state index in [1.807, 2.05) is 33.8 Å². The second-order valence-corrected chi connectivity index (χ2v) is 12.4. The maximum absolute atomic E-state index is 12.7. The summed E-state index contributed by atoms with van der Waals surface area (Å²) >= 11 is 0. The first-order valence-electron chi connectivity index (χ1n) is 17.4. The van der Waals surface area contributed by atoms with E-state index in [1.165, 1.54) is 71.2 Å². The Morgan fingerprint density at radius 2 is 1.25 bits per heavy atom. The van der Waals surface area contributed by atoms with Gasteiger partial charge in [0.2, 0.25) is 0 Å². The molecule has 1 aliphatic carbocycles. The molecule has 0 N–H and O–H groups in total. The standard InChI is InChI=1S/C15H15F.C13H18.C11H24.2C2H6/c1-11-3-4-12(2)15(11)10-7-13-5-8-14(16)9-6-13;1-10(2)12(4)9-13-7-5-11(3)6-8-13;1-6-8-11(5,9-7-2)10(3)4;2*1-2/h3,5-10H,4H2,1-2H3;5-10H,1-4H3;10H,6-9H2,1-5H3;2*1-2H3/b10-7+;12-9+;;;. The number of halogens is 1. The van der Waals surface area contributed by atoms with Crippen LogP contribution in [-0.2, 0) is 0 Å². The second-order valence-electron chi connectivity index (χ2n) is 12.4. The Bertz CT molecular complexity index is 1110. The van der Waals surface area contributed by atoms with E-state index >= 15 is 0 Å². The van der Waals surface area contributed by atoms with Crippen LogP contribution < -0.4 is 0 Å². The van der Waals surface area contributed by atoms with E-state index in [-0.39, 0.29) is 5.82 Å². The Hall–Kier alpha value is -2.67. The van der Waals surface area contributed by atoms with Crippen LogP contribution in [0.3, 0.4) is 0 Å². The number of hydrogen-bond acceptors (Lipinski definition) is 0. The highest BCUT2D eigenvalue weighted by molar-refractivity contribution is 5.59. The number of allylic oxidation sites excluding steroid dienone is 6. The van der Waals surface area contributed by atoms with Crippen LogP contribution in [0.4, 0.5) is 4.39 Å². The van der Waals surface area contributed by atoms with Gasteiger partial charge in [0.05, 0.1) is 0 Å². The largest absolute Gasteiger partial charge is 0.207 e. The average Bonchev–Trinajstić information content (AvgIpc) is 3.33. The minimum absolute atomic E-state index is 0.190. The lowest BCUT2D eigenvalue weighted by atomic mass is 9.72. The summed E-state index contributed by atoms with van der Waals surface area (Å²) in [5.41, 5.74) is 9.72. The van der Waals surface area contributed by atoms with Gasteiger partial charge in [-0.15, -0.1) is 0 Å². The van der Waals surface area contributed by atoms with Crippen molar-refractivity contribution in [3.63, 3.8) is 0 Å². The molecule has 0 spiro atoms. The van der Waals surface area contributed by atoms with Crippen molar-refractivity contribution in [2.24, 2.45) is 17.3 Å². The molecule has 0 radical (unpaired) electrons. The molecular weight excluding hydrogens is 535 g/mol. The molecule has 3 rings (SSSR count). The van der Waals surface area contributed by atoms with E-state index in [1.54, 1.807) is 12.1 Å². The Kier molecular flexibility index (Phi) is 24.3. The molecule has 248 valence electrons. The molecule has 0 amide bonds. The summed E-state index contributed by atoms with van der Waals surface area (Å²) in [6.07, 6.45) is 15.1. The summed E-state index contributed by atoms with van der Waals surface area (Å²) in [6, 6.07) is 15.2. The molecular formula is C43H69F. The van der Waals surface area contributed by atoms with Gasteiger partial charge < -0.3 is 0 Å². The molecule has 44 heavy (non-hydrogen) atoms. The topological polar surface area (TPSA) is 0 Å². The average molecular weight is 605 g/mol. The monoisotopic (exact) mass is 605 g/mol. The van der Waals surface area contributed by atoms with E-state index < -0.39 is 0 Å². The fraction of sp³-hybridized carbons (Fsp3) is 0.535. The van der Waals surface area contributed by atoms with Gasteiger partial charge in [0.1, 0.15) is 5.82 Å². The van der Waals surface area contributed by atoms with Crippen LogP contribution in [-0.4, -0.2) is 0 Å². The molecule has 0 saturated carbocycles. The molecule has 0 fully saturated rings. The number of hydrogen-bond donors (Lipinski definition) is 0. The molecule has 0 atom stereocenters. The molecule has 0 nitrogen and oxygen atoms in total. The van der Waals surface area contributed by atoms with Gasteiger partial charge in [-0.1, -0.05) is 166 Å². The molecule has 0 unspecified atom stereocenters. The van der Waals surface area contributed by atoms with Crippen LogP contribution in [0.15, 0.2) is 83.0 Å². The highest BCUT2D eigenvalue weighted by atomic mass is 19.1. The fourth-order valence-corrected chi connectivity index (χ4v) is 4.83. The smallest absolute Gasteiger partial charge is 0.123 e. The minimum atomic E-state index is -0.190. The number of benzene rings is 2. The van der Waals surface area contributed by atoms with E-state index in [0.29, 0.717) is 11.3 Å². The summed E-state index contributed by atoms with van der Waals surface area (Å²) in [4.78, 5) is 0. The quantitative estimate of drug-likeness (QED) is 0.267. The summed E-state index contributed by atoms with van der Waals surface area (Å²) in [5.74, 6) is 1.29. The van der Waals surface area contributed by atoms with Crippen LogP contribution in [0.25, 0.3) is 12.2 Å². The van der Waals surface area contributed by atoms with Crippen molar-refractivity contribution in [1.29, 1.82) is 0 Å². The van der Waals surface area contributed by atoms with Crippen LogP contribution in [0.5, 0.6) is 0 Å². The van der Waals surface area contributed by atoms with Gasteiger partial charge >= 0.3 is 0 Å². The Labute approximate surface area is 274 Å². The zero-order valence-electron chi connectivity index (χ0n) is 31.5. The highest BCUT2D eigenvalue weighted by Crippen LogP contribution is 2.36. The van der Waals surface area contributed by atoms with E-state index in [2.05, 4.69) is 119 Å². The maximum atomic E-state index is 12.7. The molecule has 0 bridgehead atoms.